The number of benzene rings is 1. The van der Waals surface area contributed by atoms with Crippen LogP contribution < -0.4 is 0 Å². The molecule has 0 radical (unpaired) electrons. The van der Waals surface area contributed by atoms with E-state index in [1.807, 2.05) is 31.2 Å². The van der Waals surface area contributed by atoms with Crippen LogP contribution in [0, 0.1) is 5.92 Å². The Morgan fingerprint density at radius 2 is 2.04 bits per heavy atom. The van der Waals surface area contributed by atoms with E-state index in [2.05, 4.69) is 43.9 Å². The van der Waals surface area contributed by atoms with Crippen LogP contribution in [0.1, 0.15) is 44.2 Å². The van der Waals surface area contributed by atoms with E-state index in [4.69, 9.17) is 0 Å². The Bertz CT molecular complexity index is 671. The summed E-state index contributed by atoms with van der Waals surface area (Å²) >= 11 is 0. The van der Waals surface area contributed by atoms with Gasteiger partial charge in [0.1, 0.15) is 5.83 Å². The van der Waals surface area contributed by atoms with E-state index >= 15 is 0 Å². The molecular weight excluding hydrogens is 283 g/mol. The summed E-state index contributed by atoms with van der Waals surface area (Å²) in [5, 5.41) is 0. The molecular formula is C22H25F. The molecule has 0 spiro atoms. The highest BCUT2D eigenvalue weighted by Crippen LogP contribution is 2.38. The summed E-state index contributed by atoms with van der Waals surface area (Å²) in [5.41, 5.74) is 4.41. The summed E-state index contributed by atoms with van der Waals surface area (Å²) in [6, 6.07) is 8.24. The fourth-order valence-electron chi connectivity index (χ4n) is 2.97. The van der Waals surface area contributed by atoms with E-state index in [0.717, 1.165) is 35.1 Å². The number of allylic oxidation sites excluding steroid dienone is 8. The van der Waals surface area contributed by atoms with Gasteiger partial charge in [-0.15, -0.1) is 0 Å². The molecule has 1 heteroatoms. The lowest BCUT2D eigenvalue weighted by Gasteiger charge is -2.24. The van der Waals surface area contributed by atoms with Gasteiger partial charge in [0, 0.05) is 6.42 Å². The van der Waals surface area contributed by atoms with Crippen LogP contribution in [0.4, 0.5) is 4.39 Å². The standard InChI is InChI=1S/C22H25F/c1-4-6-7-12-19-16-20(23)14-15-22(19)17(3)21-13-9-8-11-18(21)10-5-2/h5-11,13-15,19H,3-4,12,16H2,1-2H3/b7-6?,10-5-. The lowest BCUT2D eigenvalue weighted by molar-refractivity contribution is 0.506. The van der Waals surface area contributed by atoms with Crippen molar-refractivity contribution in [3.63, 3.8) is 0 Å². The van der Waals surface area contributed by atoms with Gasteiger partial charge in [0.15, 0.2) is 0 Å². The zero-order valence-corrected chi connectivity index (χ0v) is 14.1. The Labute approximate surface area is 139 Å². The summed E-state index contributed by atoms with van der Waals surface area (Å²) in [4.78, 5) is 0. The first-order valence-electron chi connectivity index (χ1n) is 8.30. The maximum Gasteiger partial charge on any atom is 0.101 e. The van der Waals surface area contributed by atoms with Gasteiger partial charge < -0.3 is 0 Å². The molecule has 0 N–H and O–H groups in total. The van der Waals surface area contributed by atoms with Crippen molar-refractivity contribution in [2.24, 2.45) is 5.92 Å². The van der Waals surface area contributed by atoms with Crippen molar-refractivity contribution in [1.29, 1.82) is 0 Å². The van der Waals surface area contributed by atoms with Gasteiger partial charge in [-0.3, -0.25) is 0 Å². The van der Waals surface area contributed by atoms with E-state index in [1.54, 1.807) is 6.08 Å². The van der Waals surface area contributed by atoms with Crippen LogP contribution in [0.3, 0.4) is 0 Å². The minimum atomic E-state index is -0.0433. The maximum atomic E-state index is 13.7. The van der Waals surface area contributed by atoms with Crippen molar-refractivity contribution < 1.29 is 4.39 Å². The summed E-state index contributed by atoms with van der Waals surface area (Å²) < 4.78 is 13.7. The first-order valence-corrected chi connectivity index (χ1v) is 8.30. The SMILES string of the molecule is C=C(C1=CC=C(F)CC1CC=CCC)c1ccccc1/C=C\C. The van der Waals surface area contributed by atoms with Crippen LogP contribution in [0.2, 0.25) is 0 Å². The van der Waals surface area contributed by atoms with Crippen LogP contribution in [-0.4, -0.2) is 0 Å². The van der Waals surface area contributed by atoms with Crippen molar-refractivity contribution in [3.05, 3.63) is 83.8 Å². The van der Waals surface area contributed by atoms with Gasteiger partial charge in [-0.05, 0) is 54.0 Å². The van der Waals surface area contributed by atoms with Crippen LogP contribution in [-0.2, 0) is 0 Å². The van der Waals surface area contributed by atoms with Gasteiger partial charge in [0.25, 0.3) is 0 Å². The average molecular weight is 308 g/mol. The second kappa shape index (κ2) is 8.47. The predicted molar refractivity (Wildman–Crippen MR) is 99.6 cm³/mol. The number of halogens is 1. The van der Waals surface area contributed by atoms with Gasteiger partial charge in [0.2, 0.25) is 0 Å². The molecule has 2 rings (SSSR count). The molecule has 0 aliphatic heterocycles. The first kappa shape index (κ1) is 17.2. The topological polar surface area (TPSA) is 0 Å². The highest BCUT2D eigenvalue weighted by Gasteiger charge is 2.22. The van der Waals surface area contributed by atoms with Crippen molar-refractivity contribution in [2.45, 2.75) is 33.1 Å². The van der Waals surface area contributed by atoms with Crippen LogP contribution in [0.5, 0.6) is 0 Å². The van der Waals surface area contributed by atoms with Crippen LogP contribution >= 0.6 is 0 Å². The third kappa shape index (κ3) is 4.41. The summed E-state index contributed by atoms with van der Waals surface area (Å²) in [7, 11) is 0. The Balaban J connectivity index is 2.33. The van der Waals surface area contributed by atoms with Crippen molar-refractivity contribution in [3.8, 4) is 0 Å². The van der Waals surface area contributed by atoms with Crippen molar-refractivity contribution >= 4 is 11.6 Å². The minimum Gasteiger partial charge on any atom is -0.212 e. The van der Waals surface area contributed by atoms with Crippen molar-refractivity contribution in [1.82, 2.24) is 0 Å². The Morgan fingerprint density at radius 1 is 1.26 bits per heavy atom. The molecule has 0 saturated carbocycles. The Hall–Kier alpha value is -2.15. The molecule has 0 bridgehead atoms. The highest BCUT2D eigenvalue weighted by molar-refractivity contribution is 5.83. The maximum absolute atomic E-state index is 13.7. The van der Waals surface area contributed by atoms with Gasteiger partial charge in [0.05, 0.1) is 0 Å². The van der Waals surface area contributed by atoms with E-state index in [-0.39, 0.29) is 11.7 Å². The third-order valence-electron chi connectivity index (χ3n) is 4.13. The zero-order valence-electron chi connectivity index (χ0n) is 14.1. The van der Waals surface area contributed by atoms with E-state index < -0.39 is 0 Å². The zero-order chi connectivity index (χ0) is 16.7. The van der Waals surface area contributed by atoms with Gasteiger partial charge in [-0.1, -0.05) is 68.1 Å². The molecule has 0 heterocycles. The summed E-state index contributed by atoms with van der Waals surface area (Å²) in [5.74, 6) is 0.118. The molecule has 0 saturated heterocycles. The lowest BCUT2D eigenvalue weighted by atomic mass is 9.81. The highest BCUT2D eigenvalue weighted by atomic mass is 19.1. The fourth-order valence-corrected chi connectivity index (χ4v) is 2.97. The Kier molecular flexibility index (Phi) is 6.34. The van der Waals surface area contributed by atoms with Gasteiger partial charge in [-0.25, -0.2) is 4.39 Å². The second-order valence-corrected chi connectivity index (χ2v) is 5.82. The monoisotopic (exact) mass is 308 g/mol. The summed E-state index contributed by atoms with van der Waals surface area (Å²) in [6.07, 6.45) is 14.2. The molecule has 0 amide bonds. The molecule has 1 aliphatic rings. The fraction of sp³-hybridized carbons (Fsp3) is 0.273. The summed E-state index contributed by atoms with van der Waals surface area (Å²) in [6.45, 7) is 8.44. The number of hydrogen-bond donors (Lipinski definition) is 0. The number of rotatable bonds is 6. The van der Waals surface area contributed by atoms with Crippen molar-refractivity contribution in [2.75, 3.05) is 0 Å². The van der Waals surface area contributed by atoms with E-state index in [9.17, 15) is 4.39 Å². The normalized spacial score (nSPS) is 18.3. The first-order chi connectivity index (χ1) is 11.2. The predicted octanol–water partition coefficient (Wildman–Crippen LogP) is 6.89. The minimum absolute atomic E-state index is 0.0433. The lowest BCUT2D eigenvalue weighted by Crippen LogP contribution is -2.09. The van der Waals surface area contributed by atoms with E-state index in [1.165, 1.54) is 0 Å². The molecule has 120 valence electrons. The average Bonchev–Trinajstić information content (AvgIpc) is 2.55. The second-order valence-electron chi connectivity index (χ2n) is 5.82. The molecule has 1 aliphatic carbocycles. The van der Waals surface area contributed by atoms with E-state index in [0.29, 0.717) is 6.42 Å². The quantitative estimate of drug-likeness (QED) is 0.502. The third-order valence-corrected chi connectivity index (χ3v) is 4.13. The molecule has 0 fully saturated rings. The molecule has 1 unspecified atom stereocenters. The number of hydrogen-bond acceptors (Lipinski definition) is 0. The molecule has 0 nitrogen and oxygen atoms in total. The molecule has 1 aromatic rings. The molecule has 0 aromatic heterocycles. The van der Waals surface area contributed by atoms with Crippen LogP contribution in [0.25, 0.3) is 11.6 Å². The van der Waals surface area contributed by atoms with Gasteiger partial charge in [-0.2, -0.15) is 0 Å². The molecule has 23 heavy (non-hydrogen) atoms. The largest absolute Gasteiger partial charge is 0.212 e. The smallest absolute Gasteiger partial charge is 0.101 e. The van der Waals surface area contributed by atoms with Crippen LogP contribution in [0.15, 0.2) is 72.6 Å². The molecule has 1 atom stereocenters. The van der Waals surface area contributed by atoms with Gasteiger partial charge >= 0.3 is 0 Å². The molecule has 1 aromatic carbocycles. The Morgan fingerprint density at radius 3 is 2.78 bits per heavy atom.